The minimum atomic E-state index is -0.444. The number of pyridine rings is 1. The third kappa shape index (κ3) is 3.30. The van der Waals surface area contributed by atoms with Crippen molar-refractivity contribution in [2.45, 2.75) is 0 Å². The first kappa shape index (κ1) is 16.6. The number of hydrogen-bond acceptors (Lipinski definition) is 5. The first-order valence-electron chi connectivity index (χ1n) is 8.31. The summed E-state index contributed by atoms with van der Waals surface area (Å²) in [4.78, 5) is 15.7. The number of carbonyl (C=O) groups is 1. The van der Waals surface area contributed by atoms with Gasteiger partial charge in [0.25, 0.3) is 0 Å². The number of primary amides is 1. The lowest BCUT2D eigenvalue weighted by Crippen LogP contribution is -2.10. The molecule has 0 fully saturated rings. The highest BCUT2D eigenvalue weighted by Gasteiger charge is 2.09. The van der Waals surface area contributed by atoms with E-state index in [1.165, 1.54) is 0 Å². The molecule has 2 aromatic carbocycles. The number of nitrogens with zero attached hydrogens (tertiary/aromatic N) is 3. The summed E-state index contributed by atoms with van der Waals surface area (Å²) in [5.41, 5.74) is 9.17. The van der Waals surface area contributed by atoms with E-state index in [1.54, 1.807) is 23.8 Å². The Morgan fingerprint density at radius 1 is 1.04 bits per heavy atom. The molecular formula is C20H17N5O2. The van der Waals surface area contributed by atoms with Gasteiger partial charge in [-0.15, -0.1) is 5.10 Å². The summed E-state index contributed by atoms with van der Waals surface area (Å²) in [6.45, 7) is 0. The number of carbonyl (C=O) groups excluding carboxylic acids is 1. The quantitative estimate of drug-likeness (QED) is 0.570. The maximum Gasteiger partial charge on any atom is 0.248 e. The Kier molecular flexibility index (Phi) is 4.18. The standard InChI is InChI=1S/C20H17N5O2/c1-27-17-5-3-2-4-16(17)22-20-23-18-11-10-15(12-25(18)24-20)13-6-8-14(9-7-13)19(21)26/h2-12H,1H3,(H2,21,26)(H,22,24). The van der Waals surface area contributed by atoms with Crippen LogP contribution in [-0.4, -0.2) is 27.6 Å². The molecule has 0 aliphatic carbocycles. The zero-order valence-corrected chi connectivity index (χ0v) is 14.6. The van der Waals surface area contributed by atoms with Gasteiger partial charge in [-0.1, -0.05) is 24.3 Å². The van der Waals surface area contributed by atoms with E-state index in [1.807, 2.05) is 54.7 Å². The van der Waals surface area contributed by atoms with Crippen LogP contribution in [0, 0.1) is 0 Å². The zero-order valence-electron chi connectivity index (χ0n) is 14.6. The Morgan fingerprint density at radius 2 is 1.78 bits per heavy atom. The number of ether oxygens (including phenoxy) is 1. The number of hydrogen-bond donors (Lipinski definition) is 2. The van der Waals surface area contributed by atoms with Gasteiger partial charge in [0.05, 0.1) is 12.8 Å². The molecule has 4 aromatic rings. The molecule has 0 bridgehead atoms. The fourth-order valence-corrected chi connectivity index (χ4v) is 2.80. The highest BCUT2D eigenvalue weighted by molar-refractivity contribution is 5.93. The van der Waals surface area contributed by atoms with E-state index in [4.69, 9.17) is 10.5 Å². The molecule has 3 N–H and O–H groups in total. The second kappa shape index (κ2) is 6.80. The van der Waals surface area contributed by atoms with Crippen molar-refractivity contribution in [2.75, 3.05) is 12.4 Å². The number of benzene rings is 2. The molecule has 0 saturated heterocycles. The normalized spacial score (nSPS) is 10.7. The monoisotopic (exact) mass is 359 g/mol. The first-order chi connectivity index (χ1) is 13.1. The van der Waals surface area contributed by atoms with Crippen LogP contribution in [0.3, 0.4) is 0 Å². The second-order valence-corrected chi connectivity index (χ2v) is 5.92. The number of aromatic nitrogens is 3. The topological polar surface area (TPSA) is 94.5 Å². The van der Waals surface area contributed by atoms with E-state index >= 15 is 0 Å². The smallest absolute Gasteiger partial charge is 0.248 e. The molecule has 7 nitrogen and oxygen atoms in total. The van der Waals surface area contributed by atoms with Crippen LogP contribution >= 0.6 is 0 Å². The van der Waals surface area contributed by atoms with Crippen molar-refractivity contribution in [1.82, 2.24) is 14.6 Å². The number of rotatable bonds is 5. The molecule has 0 aliphatic heterocycles. The summed E-state index contributed by atoms with van der Waals surface area (Å²) in [6, 6.07) is 18.5. The Morgan fingerprint density at radius 3 is 2.52 bits per heavy atom. The molecule has 0 aliphatic rings. The minimum absolute atomic E-state index is 0.444. The maximum atomic E-state index is 11.2. The van der Waals surface area contributed by atoms with Crippen LogP contribution < -0.4 is 15.8 Å². The van der Waals surface area contributed by atoms with Crippen LogP contribution in [0.5, 0.6) is 5.75 Å². The fraction of sp³-hybridized carbons (Fsp3) is 0.0500. The number of methoxy groups -OCH3 is 1. The van der Waals surface area contributed by atoms with Gasteiger partial charge in [-0.05, 0) is 42.0 Å². The minimum Gasteiger partial charge on any atom is -0.495 e. The summed E-state index contributed by atoms with van der Waals surface area (Å²) < 4.78 is 7.04. The molecule has 1 amide bonds. The van der Waals surface area contributed by atoms with Gasteiger partial charge >= 0.3 is 0 Å². The van der Waals surface area contributed by atoms with E-state index in [9.17, 15) is 4.79 Å². The highest BCUT2D eigenvalue weighted by Crippen LogP contribution is 2.26. The van der Waals surface area contributed by atoms with E-state index in [2.05, 4.69) is 15.4 Å². The van der Waals surface area contributed by atoms with Gasteiger partial charge in [-0.3, -0.25) is 4.79 Å². The molecule has 4 rings (SSSR count). The molecular weight excluding hydrogens is 342 g/mol. The molecule has 0 atom stereocenters. The number of para-hydroxylation sites is 2. The average Bonchev–Trinajstić information content (AvgIpc) is 3.10. The number of fused-ring (bicyclic) bond motifs is 1. The Balaban J connectivity index is 1.64. The molecule has 0 saturated carbocycles. The molecule has 2 heterocycles. The van der Waals surface area contributed by atoms with Crippen LogP contribution in [0.1, 0.15) is 10.4 Å². The fourth-order valence-electron chi connectivity index (χ4n) is 2.80. The van der Waals surface area contributed by atoms with Crippen molar-refractivity contribution >= 4 is 23.2 Å². The number of amides is 1. The lowest BCUT2D eigenvalue weighted by atomic mass is 10.1. The molecule has 27 heavy (non-hydrogen) atoms. The number of nitrogens with one attached hydrogen (secondary N) is 1. The van der Waals surface area contributed by atoms with Gasteiger partial charge in [0.15, 0.2) is 5.65 Å². The second-order valence-electron chi connectivity index (χ2n) is 5.92. The Bertz CT molecular complexity index is 1120. The van der Waals surface area contributed by atoms with Gasteiger partial charge in [0, 0.05) is 17.3 Å². The number of nitrogens with two attached hydrogens (primary N) is 1. The van der Waals surface area contributed by atoms with Crippen LogP contribution in [0.4, 0.5) is 11.6 Å². The molecule has 7 heteroatoms. The predicted octanol–water partition coefficient (Wildman–Crippen LogP) is 3.25. The van der Waals surface area contributed by atoms with E-state index in [0.717, 1.165) is 16.8 Å². The van der Waals surface area contributed by atoms with Crippen molar-refractivity contribution in [1.29, 1.82) is 0 Å². The summed E-state index contributed by atoms with van der Waals surface area (Å²) in [5.74, 6) is 0.743. The van der Waals surface area contributed by atoms with Crippen LogP contribution in [0.25, 0.3) is 16.8 Å². The lowest BCUT2D eigenvalue weighted by molar-refractivity contribution is 0.100. The van der Waals surface area contributed by atoms with Gasteiger partial charge in [0.1, 0.15) is 5.75 Å². The van der Waals surface area contributed by atoms with Gasteiger partial charge in [0.2, 0.25) is 11.9 Å². The SMILES string of the molecule is COc1ccccc1Nc1nc2ccc(-c3ccc(C(N)=O)cc3)cn2n1. The van der Waals surface area contributed by atoms with Crippen LogP contribution in [0.2, 0.25) is 0 Å². The van der Waals surface area contributed by atoms with Crippen molar-refractivity contribution in [3.05, 3.63) is 72.4 Å². The van der Waals surface area contributed by atoms with Crippen LogP contribution in [0.15, 0.2) is 66.9 Å². The average molecular weight is 359 g/mol. The summed E-state index contributed by atoms with van der Waals surface area (Å²) >= 11 is 0. The first-order valence-corrected chi connectivity index (χ1v) is 8.31. The number of anilines is 2. The van der Waals surface area contributed by atoms with Gasteiger partial charge in [-0.25, -0.2) is 4.52 Å². The van der Waals surface area contributed by atoms with E-state index in [-0.39, 0.29) is 0 Å². The predicted molar refractivity (Wildman–Crippen MR) is 103 cm³/mol. The molecule has 2 aromatic heterocycles. The molecule has 134 valence electrons. The molecule has 0 spiro atoms. The molecule has 0 unspecified atom stereocenters. The molecule has 0 radical (unpaired) electrons. The zero-order chi connectivity index (χ0) is 18.8. The van der Waals surface area contributed by atoms with Crippen LogP contribution in [-0.2, 0) is 0 Å². The van der Waals surface area contributed by atoms with Crippen molar-refractivity contribution in [3.63, 3.8) is 0 Å². The third-order valence-corrected chi connectivity index (χ3v) is 4.19. The van der Waals surface area contributed by atoms with E-state index in [0.29, 0.717) is 22.9 Å². The van der Waals surface area contributed by atoms with Crippen molar-refractivity contribution in [3.8, 4) is 16.9 Å². The highest BCUT2D eigenvalue weighted by atomic mass is 16.5. The lowest BCUT2D eigenvalue weighted by Gasteiger charge is -2.07. The summed E-state index contributed by atoms with van der Waals surface area (Å²) in [5, 5.41) is 7.65. The maximum absolute atomic E-state index is 11.2. The third-order valence-electron chi connectivity index (χ3n) is 4.19. The Labute approximate surface area is 155 Å². The van der Waals surface area contributed by atoms with Crippen molar-refractivity contribution < 1.29 is 9.53 Å². The summed E-state index contributed by atoms with van der Waals surface area (Å²) in [7, 11) is 1.62. The Hall–Kier alpha value is -3.87. The largest absolute Gasteiger partial charge is 0.495 e. The van der Waals surface area contributed by atoms with Gasteiger partial charge < -0.3 is 15.8 Å². The van der Waals surface area contributed by atoms with E-state index < -0.39 is 5.91 Å². The van der Waals surface area contributed by atoms with Gasteiger partial charge in [-0.2, -0.15) is 4.98 Å². The van der Waals surface area contributed by atoms with Crippen molar-refractivity contribution in [2.24, 2.45) is 5.73 Å². The summed E-state index contributed by atoms with van der Waals surface area (Å²) in [6.07, 6.45) is 1.88.